The van der Waals surface area contributed by atoms with Crippen LogP contribution in [-0.4, -0.2) is 50.2 Å². The van der Waals surface area contributed by atoms with Gasteiger partial charge in [0.25, 0.3) is 0 Å². The van der Waals surface area contributed by atoms with Gasteiger partial charge in [0, 0.05) is 25.2 Å². The summed E-state index contributed by atoms with van der Waals surface area (Å²) in [5.74, 6) is 0. The van der Waals surface area contributed by atoms with Crippen molar-refractivity contribution in [2.75, 3.05) is 39.1 Å². The molecule has 0 saturated heterocycles. The summed E-state index contributed by atoms with van der Waals surface area (Å²) in [4.78, 5) is 9.17. The molecule has 1 heterocycles. The van der Waals surface area contributed by atoms with Gasteiger partial charge in [-0.2, -0.15) is 0 Å². The molecule has 19 heavy (non-hydrogen) atoms. The molecule has 0 spiro atoms. The van der Waals surface area contributed by atoms with Crippen LogP contribution in [0.3, 0.4) is 0 Å². The van der Waals surface area contributed by atoms with Crippen molar-refractivity contribution in [2.45, 2.75) is 32.9 Å². The first-order chi connectivity index (χ1) is 8.99. The number of nitrogens with zero attached hydrogens (tertiary/aromatic N) is 3. The van der Waals surface area contributed by atoms with Gasteiger partial charge in [0.2, 0.25) is 0 Å². The standard InChI is InChI=1S/C15H28N4/c1-7-19(12(2)11-18(5)6)14-8-9-15(17-10-14)13(3)16-4/h8-10,12-13,16H,7,11H2,1-6H3. The molecule has 0 aliphatic carbocycles. The molecule has 0 saturated carbocycles. The van der Waals surface area contributed by atoms with Gasteiger partial charge < -0.3 is 15.1 Å². The van der Waals surface area contributed by atoms with E-state index in [0.29, 0.717) is 12.1 Å². The second-order valence-corrected chi connectivity index (χ2v) is 5.35. The van der Waals surface area contributed by atoms with Crippen LogP contribution in [0, 0.1) is 0 Å². The van der Waals surface area contributed by atoms with Crippen molar-refractivity contribution in [1.82, 2.24) is 15.2 Å². The van der Waals surface area contributed by atoms with Crippen molar-refractivity contribution in [3.63, 3.8) is 0 Å². The SMILES string of the molecule is CCN(c1ccc(C(C)NC)nc1)C(C)CN(C)C. The number of nitrogens with one attached hydrogen (secondary N) is 1. The predicted octanol–water partition coefficient (Wildman–Crippen LogP) is 2.14. The van der Waals surface area contributed by atoms with E-state index in [9.17, 15) is 0 Å². The summed E-state index contributed by atoms with van der Waals surface area (Å²) in [5, 5.41) is 3.21. The summed E-state index contributed by atoms with van der Waals surface area (Å²) >= 11 is 0. The average Bonchev–Trinajstić information content (AvgIpc) is 2.38. The van der Waals surface area contributed by atoms with E-state index in [0.717, 1.165) is 18.8 Å². The van der Waals surface area contributed by atoms with Crippen molar-refractivity contribution in [2.24, 2.45) is 0 Å². The van der Waals surface area contributed by atoms with Gasteiger partial charge in [0.05, 0.1) is 17.6 Å². The fourth-order valence-corrected chi connectivity index (χ4v) is 2.35. The molecule has 1 aromatic heterocycles. The molecule has 0 aliphatic rings. The highest BCUT2D eigenvalue weighted by molar-refractivity contribution is 5.45. The highest BCUT2D eigenvalue weighted by Crippen LogP contribution is 2.18. The van der Waals surface area contributed by atoms with Gasteiger partial charge in [0.15, 0.2) is 0 Å². The third-order valence-corrected chi connectivity index (χ3v) is 3.48. The lowest BCUT2D eigenvalue weighted by atomic mass is 10.2. The van der Waals surface area contributed by atoms with Crippen molar-refractivity contribution in [3.8, 4) is 0 Å². The van der Waals surface area contributed by atoms with Crippen LogP contribution in [0.2, 0.25) is 0 Å². The number of anilines is 1. The van der Waals surface area contributed by atoms with Crippen molar-refractivity contribution in [3.05, 3.63) is 24.0 Å². The van der Waals surface area contributed by atoms with Gasteiger partial charge in [-0.25, -0.2) is 0 Å². The van der Waals surface area contributed by atoms with E-state index in [4.69, 9.17) is 0 Å². The van der Waals surface area contributed by atoms with Gasteiger partial charge in [-0.3, -0.25) is 4.98 Å². The molecule has 0 aromatic carbocycles. The number of hydrogen-bond acceptors (Lipinski definition) is 4. The quantitative estimate of drug-likeness (QED) is 0.817. The normalized spacial score (nSPS) is 14.5. The third kappa shape index (κ3) is 4.48. The smallest absolute Gasteiger partial charge is 0.0571 e. The summed E-state index contributed by atoms with van der Waals surface area (Å²) in [6.07, 6.45) is 1.98. The molecule has 0 aliphatic heterocycles. The number of pyridine rings is 1. The second-order valence-electron chi connectivity index (χ2n) is 5.35. The van der Waals surface area contributed by atoms with Crippen LogP contribution >= 0.6 is 0 Å². The first kappa shape index (κ1) is 15.9. The molecule has 0 amide bonds. The fourth-order valence-electron chi connectivity index (χ4n) is 2.35. The number of rotatable bonds is 7. The van der Waals surface area contributed by atoms with Crippen LogP contribution in [0.15, 0.2) is 18.3 Å². The minimum atomic E-state index is 0.295. The summed E-state index contributed by atoms with van der Waals surface area (Å²) in [6, 6.07) is 5.06. The Morgan fingerprint density at radius 3 is 2.37 bits per heavy atom. The fraction of sp³-hybridized carbons (Fsp3) is 0.667. The van der Waals surface area contributed by atoms with E-state index < -0.39 is 0 Å². The molecule has 0 fully saturated rings. The van der Waals surface area contributed by atoms with E-state index >= 15 is 0 Å². The van der Waals surface area contributed by atoms with Crippen LogP contribution in [0.5, 0.6) is 0 Å². The maximum absolute atomic E-state index is 4.56. The van der Waals surface area contributed by atoms with Crippen LogP contribution in [0.4, 0.5) is 5.69 Å². The zero-order valence-electron chi connectivity index (χ0n) is 13.1. The maximum atomic E-state index is 4.56. The molecule has 1 rings (SSSR count). The van der Waals surface area contributed by atoms with Gasteiger partial charge >= 0.3 is 0 Å². The van der Waals surface area contributed by atoms with Crippen molar-refractivity contribution >= 4 is 5.69 Å². The second kappa shape index (κ2) is 7.46. The lowest BCUT2D eigenvalue weighted by Crippen LogP contribution is -2.40. The van der Waals surface area contributed by atoms with E-state index in [2.05, 4.69) is 67.1 Å². The molecule has 0 bridgehead atoms. The topological polar surface area (TPSA) is 31.4 Å². The van der Waals surface area contributed by atoms with Gasteiger partial charge in [-0.05, 0) is 54.0 Å². The van der Waals surface area contributed by atoms with Gasteiger partial charge in [-0.1, -0.05) is 0 Å². The lowest BCUT2D eigenvalue weighted by Gasteiger charge is -2.32. The summed E-state index contributed by atoms with van der Waals surface area (Å²) in [5.41, 5.74) is 2.28. The third-order valence-electron chi connectivity index (χ3n) is 3.48. The number of aromatic nitrogens is 1. The Labute approximate surface area is 117 Å². The van der Waals surface area contributed by atoms with Gasteiger partial charge in [0.1, 0.15) is 0 Å². The van der Waals surface area contributed by atoms with Crippen molar-refractivity contribution < 1.29 is 0 Å². The summed E-state index contributed by atoms with van der Waals surface area (Å²) in [6.45, 7) is 8.61. The number of likely N-dealkylation sites (N-methyl/N-ethyl adjacent to an activating group) is 2. The molecule has 4 heteroatoms. The first-order valence-electron chi connectivity index (χ1n) is 7.04. The Hall–Kier alpha value is -1.13. The molecule has 2 unspecified atom stereocenters. The van der Waals surface area contributed by atoms with E-state index in [1.54, 1.807) is 0 Å². The molecule has 1 aromatic rings. The highest BCUT2D eigenvalue weighted by atomic mass is 15.2. The zero-order valence-corrected chi connectivity index (χ0v) is 13.1. The van der Waals surface area contributed by atoms with Crippen LogP contribution < -0.4 is 10.2 Å². The van der Waals surface area contributed by atoms with Crippen LogP contribution in [-0.2, 0) is 0 Å². The monoisotopic (exact) mass is 264 g/mol. The molecule has 108 valence electrons. The first-order valence-corrected chi connectivity index (χ1v) is 7.04. The Kier molecular flexibility index (Phi) is 6.25. The Morgan fingerprint density at radius 1 is 1.26 bits per heavy atom. The van der Waals surface area contributed by atoms with Crippen molar-refractivity contribution in [1.29, 1.82) is 0 Å². The lowest BCUT2D eigenvalue weighted by molar-refractivity contribution is 0.373. The van der Waals surface area contributed by atoms with E-state index in [1.807, 2.05) is 13.2 Å². The maximum Gasteiger partial charge on any atom is 0.0571 e. The predicted molar refractivity (Wildman–Crippen MR) is 82.7 cm³/mol. The van der Waals surface area contributed by atoms with Crippen LogP contribution in [0.25, 0.3) is 0 Å². The van der Waals surface area contributed by atoms with E-state index in [-0.39, 0.29) is 0 Å². The minimum Gasteiger partial charge on any atom is -0.367 e. The summed E-state index contributed by atoms with van der Waals surface area (Å²) in [7, 11) is 6.18. The Balaban J connectivity index is 2.81. The Morgan fingerprint density at radius 2 is 1.95 bits per heavy atom. The number of hydrogen-bond donors (Lipinski definition) is 1. The Bertz CT molecular complexity index is 361. The molecular formula is C15H28N4. The molecule has 0 radical (unpaired) electrons. The molecular weight excluding hydrogens is 236 g/mol. The van der Waals surface area contributed by atoms with Crippen LogP contribution in [0.1, 0.15) is 32.5 Å². The largest absolute Gasteiger partial charge is 0.367 e. The molecule has 2 atom stereocenters. The van der Waals surface area contributed by atoms with E-state index in [1.165, 1.54) is 5.69 Å². The average molecular weight is 264 g/mol. The minimum absolute atomic E-state index is 0.295. The molecule has 4 nitrogen and oxygen atoms in total. The zero-order chi connectivity index (χ0) is 14.4. The summed E-state index contributed by atoms with van der Waals surface area (Å²) < 4.78 is 0. The highest BCUT2D eigenvalue weighted by Gasteiger charge is 2.14. The van der Waals surface area contributed by atoms with Gasteiger partial charge in [-0.15, -0.1) is 0 Å². The molecule has 1 N–H and O–H groups in total.